The molecule has 0 saturated heterocycles. The summed E-state index contributed by atoms with van der Waals surface area (Å²) in [6.45, 7) is 0. The maximum Gasteiger partial charge on any atom is 0.138 e. The van der Waals surface area contributed by atoms with Crippen molar-refractivity contribution in [2.24, 2.45) is 0 Å². The van der Waals surface area contributed by atoms with Gasteiger partial charge < -0.3 is 4.74 Å². The normalized spacial score (nSPS) is 24.9. The van der Waals surface area contributed by atoms with E-state index in [0.29, 0.717) is 0 Å². The van der Waals surface area contributed by atoms with Crippen molar-refractivity contribution in [2.45, 2.75) is 20.9 Å². The molecule has 0 spiro atoms. The van der Waals surface area contributed by atoms with Crippen molar-refractivity contribution in [3.63, 3.8) is 0 Å². The first kappa shape index (κ1) is 9.94. The lowest BCUT2D eigenvalue weighted by Gasteiger charge is -2.35. The Hall–Kier alpha value is -1.04. The third kappa shape index (κ3) is 1.50. The van der Waals surface area contributed by atoms with Crippen molar-refractivity contribution in [3.8, 4) is 0 Å². The Labute approximate surface area is 107 Å². The fourth-order valence-electron chi connectivity index (χ4n) is 2.01. The number of pyridine rings is 2. The molecule has 0 N–H and O–H groups in total. The average Bonchev–Trinajstić information content (AvgIpc) is 2.39. The summed E-state index contributed by atoms with van der Waals surface area (Å²) in [6, 6.07) is 8.07. The molecule has 2 aromatic heterocycles. The molecular weight excluding hydrogens is 252 g/mol. The lowest BCUT2D eigenvalue weighted by Crippen LogP contribution is -2.18. The molecule has 0 amide bonds. The van der Waals surface area contributed by atoms with Crippen LogP contribution < -0.4 is 0 Å². The van der Waals surface area contributed by atoms with Crippen LogP contribution in [0.1, 0.15) is 22.0 Å². The molecule has 2 aromatic rings. The monoisotopic (exact) mass is 260 g/mol. The fourth-order valence-corrected chi connectivity index (χ4v) is 4.46. The number of nitrogens with zero attached hydrogens (tertiary/aromatic N) is 2. The number of ether oxygens (including phenoxy) is 1. The van der Waals surface area contributed by atoms with Gasteiger partial charge in [-0.2, -0.15) is 0 Å². The largest absolute Gasteiger partial charge is 0.343 e. The number of thioether (sulfide) groups is 2. The van der Waals surface area contributed by atoms with Crippen molar-refractivity contribution in [1.82, 2.24) is 9.97 Å². The van der Waals surface area contributed by atoms with Crippen LogP contribution in [0.25, 0.3) is 0 Å². The highest BCUT2D eigenvalue weighted by Crippen LogP contribution is 2.57. The molecule has 2 aliphatic heterocycles. The second-order valence-corrected chi connectivity index (χ2v) is 5.93. The highest BCUT2D eigenvalue weighted by molar-refractivity contribution is 8.01. The SMILES string of the molecule is c1cnc2c(c1)[C@@H]1O[C@H](S2)c2cccnc2S1. The van der Waals surface area contributed by atoms with Gasteiger partial charge >= 0.3 is 0 Å². The molecule has 4 heterocycles. The molecule has 2 aliphatic rings. The van der Waals surface area contributed by atoms with Gasteiger partial charge in [-0.1, -0.05) is 35.7 Å². The summed E-state index contributed by atoms with van der Waals surface area (Å²) < 4.78 is 6.02. The van der Waals surface area contributed by atoms with Crippen LogP contribution in [0, 0.1) is 0 Å². The second-order valence-electron chi connectivity index (χ2n) is 3.83. The summed E-state index contributed by atoms with van der Waals surface area (Å²) >= 11 is 3.34. The molecule has 4 rings (SSSR count). The molecular formula is C12H8N2OS2. The fraction of sp³-hybridized carbons (Fsp3) is 0.167. The molecule has 0 unspecified atom stereocenters. The summed E-state index contributed by atoms with van der Waals surface area (Å²) in [6.07, 6.45) is 3.67. The smallest absolute Gasteiger partial charge is 0.138 e. The van der Waals surface area contributed by atoms with Gasteiger partial charge in [-0.05, 0) is 12.1 Å². The number of hydrogen-bond donors (Lipinski definition) is 0. The highest BCUT2D eigenvalue weighted by atomic mass is 32.2. The van der Waals surface area contributed by atoms with Crippen LogP contribution in [0.2, 0.25) is 0 Å². The van der Waals surface area contributed by atoms with E-state index in [1.165, 1.54) is 0 Å². The first-order chi connectivity index (χ1) is 8.42. The van der Waals surface area contributed by atoms with Crippen LogP contribution >= 0.6 is 23.5 Å². The van der Waals surface area contributed by atoms with Crippen molar-refractivity contribution >= 4 is 23.5 Å². The van der Waals surface area contributed by atoms with Gasteiger partial charge in [0.05, 0.1) is 0 Å². The number of hydrogen-bond acceptors (Lipinski definition) is 5. The van der Waals surface area contributed by atoms with Gasteiger partial charge in [-0.15, -0.1) is 0 Å². The van der Waals surface area contributed by atoms with E-state index in [0.717, 1.165) is 21.2 Å². The number of fused-ring (bicyclic) bond motifs is 6. The van der Waals surface area contributed by atoms with Gasteiger partial charge in [0.1, 0.15) is 20.9 Å². The second kappa shape index (κ2) is 3.73. The lowest BCUT2D eigenvalue weighted by atomic mass is 10.2. The maximum absolute atomic E-state index is 6.02. The van der Waals surface area contributed by atoms with Crippen molar-refractivity contribution in [3.05, 3.63) is 47.8 Å². The van der Waals surface area contributed by atoms with Crippen LogP contribution in [0.15, 0.2) is 46.7 Å². The summed E-state index contributed by atoms with van der Waals surface area (Å²) in [7, 11) is 0. The Morgan fingerprint density at radius 3 is 1.94 bits per heavy atom. The zero-order chi connectivity index (χ0) is 11.2. The van der Waals surface area contributed by atoms with Crippen molar-refractivity contribution < 1.29 is 4.74 Å². The summed E-state index contributed by atoms with van der Waals surface area (Å²) in [5.41, 5.74) is 2.39. The van der Waals surface area contributed by atoms with E-state index < -0.39 is 0 Å². The molecule has 0 radical (unpaired) electrons. The molecule has 5 heteroatoms. The summed E-state index contributed by atoms with van der Waals surface area (Å²) in [5, 5.41) is 2.16. The predicted molar refractivity (Wildman–Crippen MR) is 66.8 cm³/mol. The molecule has 84 valence electrons. The lowest BCUT2D eigenvalue weighted by molar-refractivity contribution is 0.0768. The van der Waals surface area contributed by atoms with Gasteiger partial charge in [0, 0.05) is 23.5 Å². The standard InChI is InChI=1S/C12H8N2OS2/c1-3-7-9(13-5-1)16-12-8-4-2-6-14-10(8)17-11(7)15-12/h1-6,11-12H/t11-,12-/m1/s1. The van der Waals surface area contributed by atoms with E-state index in [2.05, 4.69) is 22.1 Å². The van der Waals surface area contributed by atoms with Crippen molar-refractivity contribution in [1.29, 1.82) is 0 Å². The molecule has 3 nitrogen and oxygen atoms in total. The van der Waals surface area contributed by atoms with Gasteiger partial charge in [-0.25, -0.2) is 9.97 Å². The van der Waals surface area contributed by atoms with Crippen LogP contribution in [-0.2, 0) is 4.74 Å². The number of aromatic nitrogens is 2. The zero-order valence-corrected chi connectivity index (χ0v) is 10.4. The van der Waals surface area contributed by atoms with Gasteiger partial charge in [0.15, 0.2) is 0 Å². The van der Waals surface area contributed by atoms with E-state index >= 15 is 0 Å². The number of rotatable bonds is 0. The molecule has 2 atom stereocenters. The molecule has 0 saturated carbocycles. The minimum Gasteiger partial charge on any atom is -0.343 e. The van der Waals surface area contributed by atoms with Crippen LogP contribution in [0.4, 0.5) is 0 Å². The highest BCUT2D eigenvalue weighted by Gasteiger charge is 2.37. The molecule has 17 heavy (non-hydrogen) atoms. The predicted octanol–water partition coefficient (Wildman–Crippen LogP) is 3.40. The third-order valence-electron chi connectivity index (χ3n) is 2.79. The van der Waals surface area contributed by atoms with Crippen LogP contribution in [0.5, 0.6) is 0 Å². The average molecular weight is 260 g/mol. The van der Waals surface area contributed by atoms with Crippen LogP contribution in [-0.4, -0.2) is 9.97 Å². The Balaban J connectivity index is 1.86. The molecule has 2 bridgehead atoms. The summed E-state index contributed by atoms with van der Waals surface area (Å²) in [4.78, 5) is 8.85. The first-order valence-corrected chi connectivity index (χ1v) is 7.06. The first-order valence-electron chi connectivity index (χ1n) is 5.30. The topological polar surface area (TPSA) is 35.0 Å². The van der Waals surface area contributed by atoms with Gasteiger partial charge in [-0.3, -0.25) is 0 Å². The molecule has 0 fully saturated rings. The maximum atomic E-state index is 6.02. The molecule has 0 aromatic carbocycles. The van der Waals surface area contributed by atoms with Gasteiger partial charge in [0.2, 0.25) is 0 Å². The third-order valence-corrected chi connectivity index (χ3v) is 5.08. The van der Waals surface area contributed by atoms with E-state index in [4.69, 9.17) is 4.74 Å². The van der Waals surface area contributed by atoms with Crippen molar-refractivity contribution in [2.75, 3.05) is 0 Å². The van der Waals surface area contributed by atoms with E-state index in [1.807, 2.05) is 24.5 Å². The summed E-state index contributed by atoms with van der Waals surface area (Å²) in [5.74, 6) is 0. The Bertz CT molecular complexity index is 539. The van der Waals surface area contributed by atoms with E-state index in [1.54, 1.807) is 23.5 Å². The minimum atomic E-state index is 0.0346. The minimum absolute atomic E-state index is 0.0346. The Kier molecular flexibility index (Phi) is 2.18. The Morgan fingerprint density at radius 1 is 0.882 bits per heavy atom. The van der Waals surface area contributed by atoms with Gasteiger partial charge in [0.25, 0.3) is 0 Å². The zero-order valence-electron chi connectivity index (χ0n) is 8.74. The van der Waals surface area contributed by atoms with E-state index in [-0.39, 0.29) is 10.9 Å². The Morgan fingerprint density at radius 2 is 1.41 bits per heavy atom. The molecule has 0 aliphatic carbocycles. The quantitative estimate of drug-likeness (QED) is 0.725. The van der Waals surface area contributed by atoms with Crippen LogP contribution in [0.3, 0.4) is 0 Å². The van der Waals surface area contributed by atoms with E-state index in [9.17, 15) is 0 Å².